The van der Waals surface area contributed by atoms with E-state index < -0.39 is 29.3 Å². The van der Waals surface area contributed by atoms with Gasteiger partial charge in [-0.2, -0.15) is 0 Å². The Bertz CT molecular complexity index is 1180. The monoisotopic (exact) mass is 447 g/mol. The van der Waals surface area contributed by atoms with Crippen LogP contribution in [0.3, 0.4) is 0 Å². The summed E-state index contributed by atoms with van der Waals surface area (Å²) in [6.45, 7) is 1.54. The van der Waals surface area contributed by atoms with E-state index in [0.717, 1.165) is 36.3 Å². The van der Waals surface area contributed by atoms with Crippen molar-refractivity contribution in [3.63, 3.8) is 0 Å². The van der Waals surface area contributed by atoms with Crippen LogP contribution >= 0.6 is 11.6 Å². The summed E-state index contributed by atoms with van der Waals surface area (Å²) in [5, 5.41) is 10.1. The SMILES string of the molecule is Cc1c(CC(=O)OC2CCCC2)c2c(F)c(O)c(F)cc2n1C(=O)c1ccc(Cl)cc1. The van der Waals surface area contributed by atoms with Gasteiger partial charge in [0.2, 0.25) is 0 Å². The fraction of sp³-hybridized carbons (Fsp3) is 0.304. The third-order valence-electron chi connectivity index (χ3n) is 5.70. The third-order valence-corrected chi connectivity index (χ3v) is 5.96. The second kappa shape index (κ2) is 8.30. The number of rotatable bonds is 4. The van der Waals surface area contributed by atoms with Crippen molar-refractivity contribution in [1.82, 2.24) is 4.57 Å². The fourth-order valence-electron chi connectivity index (χ4n) is 4.13. The van der Waals surface area contributed by atoms with Gasteiger partial charge in [0.05, 0.1) is 11.9 Å². The number of halogens is 3. The van der Waals surface area contributed by atoms with Gasteiger partial charge >= 0.3 is 5.97 Å². The van der Waals surface area contributed by atoms with E-state index in [2.05, 4.69) is 0 Å². The van der Waals surface area contributed by atoms with Crippen molar-refractivity contribution in [1.29, 1.82) is 0 Å². The average molecular weight is 448 g/mol. The van der Waals surface area contributed by atoms with Crippen molar-refractivity contribution in [2.24, 2.45) is 0 Å². The standard InChI is InChI=1S/C23H20ClF2NO4/c1-12-16(10-19(28)31-15-4-2-3-5-15)20-18(11-17(25)22(29)21(20)26)27(12)23(30)13-6-8-14(24)9-7-13/h6-9,11,15,29H,2-5,10H2,1H3. The highest BCUT2D eigenvalue weighted by Gasteiger charge is 2.28. The molecule has 5 nitrogen and oxygen atoms in total. The highest BCUT2D eigenvalue weighted by Crippen LogP contribution is 2.36. The van der Waals surface area contributed by atoms with Gasteiger partial charge in [0.1, 0.15) is 6.10 Å². The van der Waals surface area contributed by atoms with Crippen molar-refractivity contribution in [2.75, 3.05) is 0 Å². The summed E-state index contributed by atoms with van der Waals surface area (Å²) in [6, 6.07) is 6.94. The van der Waals surface area contributed by atoms with E-state index in [1.807, 2.05) is 0 Å². The lowest BCUT2D eigenvalue weighted by atomic mass is 10.1. The van der Waals surface area contributed by atoms with E-state index in [1.54, 1.807) is 6.92 Å². The lowest BCUT2D eigenvalue weighted by Gasteiger charge is -2.11. The van der Waals surface area contributed by atoms with Gasteiger partial charge < -0.3 is 9.84 Å². The summed E-state index contributed by atoms with van der Waals surface area (Å²) < 4.78 is 35.7. The van der Waals surface area contributed by atoms with E-state index in [-0.39, 0.29) is 40.2 Å². The number of benzene rings is 2. The molecule has 2 aromatic carbocycles. The van der Waals surface area contributed by atoms with Gasteiger partial charge in [-0.15, -0.1) is 0 Å². The number of ether oxygens (including phenoxy) is 1. The molecule has 1 saturated carbocycles. The molecule has 8 heteroatoms. The van der Waals surface area contributed by atoms with Crippen LogP contribution in [-0.4, -0.2) is 27.7 Å². The van der Waals surface area contributed by atoms with Crippen molar-refractivity contribution < 1.29 is 28.2 Å². The molecule has 1 aliphatic rings. The highest BCUT2D eigenvalue weighted by molar-refractivity contribution is 6.30. The summed E-state index contributed by atoms with van der Waals surface area (Å²) in [7, 11) is 0. The number of nitrogens with zero attached hydrogens (tertiary/aromatic N) is 1. The lowest BCUT2D eigenvalue weighted by molar-refractivity contribution is -0.147. The summed E-state index contributed by atoms with van der Waals surface area (Å²) in [5.74, 6) is -4.68. The molecule has 0 unspecified atom stereocenters. The zero-order valence-corrected chi connectivity index (χ0v) is 17.5. The summed E-state index contributed by atoms with van der Waals surface area (Å²) in [4.78, 5) is 25.7. The topological polar surface area (TPSA) is 68.5 Å². The first-order chi connectivity index (χ1) is 14.8. The zero-order chi connectivity index (χ0) is 22.3. The third kappa shape index (κ3) is 3.90. The smallest absolute Gasteiger partial charge is 0.310 e. The van der Waals surface area contributed by atoms with Gasteiger partial charge in [0.25, 0.3) is 5.91 Å². The molecule has 0 spiro atoms. The fourth-order valence-corrected chi connectivity index (χ4v) is 4.26. The van der Waals surface area contributed by atoms with Crippen LogP contribution in [0.4, 0.5) is 8.78 Å². The number of phenols is 1. The van der Waals surface area contributed by atoms with E-state index in [0.29, 0.717) is 5.02 Å². The molecule has 0 amide bonds. The van der Waals surface area contributed by atoms with Crippen molar-refractivity contribution in [3.05, 3.63) is 63.8 Å². The molecule has 0 bridgehead atoms. The number of phenolic OH excluding ortho intramolecular Hbond substituents is 1. The van der Waals surface area contributed by atoms with Crippen molar-refractivity contribution in [3.8, 4) is 5.75 Å². The van der Waals surface area contributed by atoms with Crippen LogP contribution in [0.5, 0.6) is 5.75 Å². The van der Waals surface area contributed by atoms with Crippen LogP contribution in [0.1, 0.15) is 47.3 Å². The minimum atomic E-state index is -1.22. The Kier molecular flexibility index (Phi) is 5.71. The van der Waals surface area contributed by atoms with Gasteiger partial charge in [-0.25, -0.2) is 8.78 Å². The van der Waals surface area contributed by atoms with Crippen molar-refractivity contribution >= 4 is 34.4 Å². The van der Waals surface area contributed by atoms with Crippen molar-refractivity contribution in [2.45, 2.75) is 45.1 Å². The quantitative estimate of drug-likeness (QED) is 0.551. The number of fused-ring (bicyclic) bond motifs is 1. The van der Waals surface area contributed by atoms with Crippen LogP contribution < -0.4 is 0 Å². The van der Waals surface area contributed by atoms with E-state index in [1.165, 1.54) is 24.3 Å². The summed E-state index contributed by atoms with van der Waals surface area (Å²) in [5.41, 5.74) is 0.614. The highest BCUT2D eigenvalue weighted by atomic mass is 35.5. The maximum absolute atomic E-state index is 14.9. The molecule has 1 N–H and O–H groups in total. The Morgan fingerprint density at radius 1 is 1.19 bits per heavy atom. The predicted octanol–water partition coefficient (Wildman–Crippen LogP) is 5.30. The average Bonchev–Trinajstić information content (AvgIpc) is 3.33. The number of esters is 1. The Morgan fingerprint density at radius 2 is 1.84 bits per heavy atom. The van der Waals surface area contributed by atoms with E-state index in [9.17, 15) is 23.5 Å². The predicted molar refractivity (Wildman–Crippen MR) is 111 cm³/mol. The van der Waals surface area contributed by atoms with E-state index in [4.69, 9.17) is 16.3 Å². The molecule has 31 heavy (non-hydrogen) atoms. The molecule has 0 radical (unpaired) electrons. The normalized spacial score (nSPS) is 14.3. The van der Waals surface area contributed by atoms with Crippen LogP contribution in [0.25, 0.3) is 10.9 Å². The number of hydrogen-bond donors (Lipinski definition) is 1. The Balaban J connectivity index is 1.82. The second-order valence-corrected chi connectivity index (χ2v) is 8.14. The number of hydrogen-bond acceptors (Lipinski definition) is 4. The molecule has 1 fully saturated rings. The first kappa shape index (κ1) is 21.3. The maximum Gasteiger partial charge on any atom is 0.310 e. The molecule has 3 aromatic rings. The number of carbonyl (C=O) groups is 2. The molecule has 1 aromatic heterocycles. The number of aromatic nitrogens is 1. The molecule has 4 rings (SSSR count). The molecule has 0 aliphatic heterocycles. The van der Waals surface area contributed by atoms with Gasteiger partial charge in [-0.3, -0.25) is 14.2 Å². The first-order valence-electron chi connectivity index (χ1n) is 9.98. The van der Waals surface area contributed by atoms with E-state index >= 15 is 0 Å². The van der Waals surface area contributed by atoms with Crippen LogP contribution in [0.15, 0.2) is 30.3 Å². The Hall–Kier alpha value is -2.93. The van der Waals surface area contributed by atoms with Gasteiger partial charge in [0, 0.05) is 27.7 Å². The van der Waals surface area contributed by atoms with Gasteiger partial charge in [0.15, 0.2) is 17.4 Å². The molecule has 162 valence electrons. The van der Waals surface area contributed by atoms with Crippen LogP contribution in [0.2, 0.25) is 5.02 Å². The maximum atomic E-state index is 14.9. The molecule has 0 atom stereocenters. The summed E-state index contributed by atoms with van der Waals surface area (Å²) >= 11 is 5.88. The lowest BCUT2D eigenvalue weighted by Crippen LogP contribution is -2.17. The Labute approximate surface area is 182 Å². The number of carbonyl (C=O) groups excluding carboxylic acids is 2. The number of aromatic hydroxyl groups is 1. The van der Waals surface area contributed by atoms with Gasteiger partial charge in [-0.1, -0.05) is 11.6 Å². The Morgan fingerprint density at radius 3 is 2.48 bits per heavy atom. The van der Waals surface area contributed by atoms with Gasteiger partial charge in [-0.05, 0) is 62.4 Å². The molecular formula is C23H20ClF2NO4. The first-order valence-corrected chi connectivity index (χ1v) is 10.4. The van der Waals surface area contributed by atoms with Crippen LogP contribution in [-0.2, 0) is 16.0 Å². The van der Waals surface area contributed by atoms with Crippen LogP contribution in [0, 0.1) is 18.6 Å². The molecular weight excluding hydrogens is 428 g/mol. The zero-order valence-electron chi connectivity index (χ0n) is 16.8. The minimum absolute atomic E-state index is 0.0751. The minimum Gasteiger partial charge on any atom is -0.503 e. The largest absolute Gasteiger partial charge is 0.503 e. The second-order valence-electron chi connectivity index (χ2n) is 7.70. The molecule has 0 saturated heterocycles. The molecule has 1 aliphatic carbocycles. The summed E-state index contributed by atoms with van der Waals surface area (Å²) in [6.07, 6.45) is 3.04. The molecule has 1 heterocycles.